The van der Waals surface area contributed by atoms with E-state index >= 15 is 0 Å². The summed E-state index contributed by atoms with van der Waals surface area (Å²) in [4.78, 5) is 18.8. The number of benzene rings is 1. The minimum atomic E-state index is -3.39. The van der Waals surface area contributed by atoms with Crippen LogP contribution in [0.3, 0.4) is 0 Å². The summed E-state index contributed by atoms with van der Waals surface area (Å²) >= 11 is 0. The summed E-state index contributed by atoms with van der Waals surface area (Å²) in [6.45, 7) is 2.84. The number of hydrogen-bond donors (Lipinski definition) is 0. The van der Waals surface area contributed by atoms with Crippen molar-refractivity contribution in [3.8, 4) is 11.4 Å². The van der Waals surface area contributed by atoms with Crippen molar-refractivity contribution in [1.82, 2.24) is 24.8 Å². The van der Waals surface area contributed by atoms with E-state index in [1.807, 2.05) is 37.3 Å². The lowest BCUT2D eigenvalue weighted by Gasteiger charge is -2.48. The zero-order valence-electron chi connectivity index (χ0n) is 16.4. The van der Waals surface area contributed by atoms with Crippen LogP contribution in [0.4, 0.5) is 0 Å². The summed E-state index contributed by atoms with van der Waals surface area (Å²) in [7, 11) is -3.39. The highest BCUT2D eigenvalue weighted by molar-refractivity contribution is 7.93. The number of carbonyl (C=O) groups excluding carboxylic acids is 1. The van der Waals surface area contributed by atoms with Crippen molar-refractivity contribution in [2.75, 3.05) is 18.8 Å². The van der Waals surface area contributed by atoms with Gasteiger partial charge in [0.15, 0.2) is 9.84 Å². The van der Waals surface area contributed by atoms with Crippen LogP contribution in [0.25, 0.3) is 11.4 Å². The molecule has 5 rings (SSSR count). The molecule has 2 aliphatic heterocycles. The number of aromatic nitrogens is 4. The molecule has 2 aromatic heterocycles. The molecule has 2 fully saturated rings. The molecule has 4 heterocycles. The van der Waals surface area contributed by atoms with Crippen molar-refractivity contribution in [3.05, 3.63) is 54.2 Å². The fraction of sp³-hybridized carbons (Fsp3) is 0.400. The fourth-order valence-corrected chi connectivity index (χ4v) is 6.69. The fourth-order valence-electron chi connectivity index (χ4n) is 4.38. The van der Waals surface area contributed by atoms with Crippen molar-refractivity contribution < 1.29 is 17.7 Å². The predicted molar refractivity (Wildman–Crippen MR) is 107 cm³/mol. The van der Waals surface area contributed by atoms with Gasteiger partial charge in [0.05, 0.1) is 23.4 Å². The highest BCUT2D eigenvalue weighted by atomic mass is 32.2. The summed E-state index contributed by atoms with van der Waals surface area (Å²) in [6, 6.07) is 9.39. The number of likely N-dealkylation sites (tertiary alicyclic amines) is 1. The van der Waals surface area contributed by atoms with E-state index in [2.05, 4.69) is 15.2 Å². The number of aryl methyl sites for hydroxylation is 1. The summed E-state index contributed by atoms with van der Waals surface area (Å²) in [5.41, 5.74) is 1.27. The highest BCUT2D eigenvalue weighted by Crippen LogP contribution is 2.49. The van der Waals surface area contributed by atoms with Crippen LogP contribution in [0.2, 0.25) is 0 Å². The quantitative estimate of drug-likeness (QED) is 0.624. The first-order chi connectivity index (χ1) is 14.4. The molecule has 2 saturated heterocycles. The Morgan fingerprint density at radius 2 is 2.03 bits per heavy atom. The van der Waals surface area contributed by atoms with Gasteiger partial charge < -0.3 is 9.42 Å². The topological polar surface area (TPSA) is 111 Å². The molecule has 1 spiro atoms. The smallest absolute Gasteiger partial charge is 0.257 e. The van der Waals surface area contributed by atoms with E-state index in [0.29, 0.717) is 30.2 Å². The van der Waals surface area contributed by atoms with Crippen molar-refractivity contribution in [2.24, 2.45) is 0 Å². The number of carbonyl (C=O) groups is 1. The maximum atomic E-state index is 12.9. The largest absolute Gasteiger partial charge is 0.339 e. The molecule has 1 unspecified atom stereocenters. The third kappa shape index (κ3) is 2.78. The predicted octanol–water partition coefficient (Wildman–Crippen LogP) is 1.75. The minimum Gasteiger partial charge on any atom is -0.339 e. The molecule has 1 aromatic carbocycles. The molecule has 0 bridgehead atoms. The Bertz CT molecular complexity index is 1190. The molecule has 0 aliphatic carbocycles. The summed E-state index contributed by atoms with van der Waals surface area (Å²) in [6.07, 6.45) is 3.61. The molecular weight excluding hydrogens is 406 g/mol. The zero-order valence-corrected chi connectivity index (χ0v) is 17.2. The second-order valence-corrected chi connectivity index (χ2v) is 10.2. The molecule has 2 aliphatic rings. The average molecular weight is 427 g/mol. The van der Waals surface area contributed by atoms with Gasteiger partial charge in [0, 0.05) is 31.4 Å². The summed E-state index contributed by atoms with van der Waals surface area (Å²) in [5.74, 6) is 0.174. The molecule has 156 valence electrons. The van der Waals surface area contributed by atoms with Crippen molar-refractivity contribution in [1.29, 1.82) is 0 Å². The number of hydrogen-bond acceptors (Lipinski definition) is 7. The maximum absolute atomic E-state index is 12.9. The number of rotatable bonds is 4. The molecule has 9 nitrogen and oxygen atoms in total. The van der Waals surface area contributed by atoms with Gasteiger partial charge in [0.1, 0.15) is 4.75 Å². The van der Waals surface area contributed by atoms with Crippen LogP contribution in [0.1, 0.15) is 35.5 Å². The molecule has 1 atom stereocenters. The van der Waals surface area contributed by atoms with E-state index in [1.54, 1.807) is 15.8 Å². The lowest BCUT2D eigenvalue weighted by Crippen LogP contribution is -2.67. The standard InChI is InChI=1S/C20H21N5O4S/c1-2-25-11-15(10-21-25)19(26)24-12-20(13-24)16(8-9-30(20,27)28)18-22-17(23-29-18)14-6-4-3-5-7-14/h3-7,10-11,16H,2,8-9,12-13H2,1H3. The SMILES string of the molecule is CCn1cc(C(=O)N2CC3(C2)C(c2nc(-c4ccccc4)no2)CCS3(=O)=O)cn1. The molecule has 10 heteroatoms. The third-order valence-corrected chi connectivity index (χ3v) is 8.66. The second kappa shape index (κ2) is 6.76. The van der Waals surface area contributed by atoms with Gasteiger partial charge in [0.25, 0.3) is 5.91 Å². The van der Waals surface area contributed by atoms with Gasteiger partial charge in [-0.25, -0.2) is 8.42 Å². The normalized spacial score (nSPS) is 21.6. The minimum absolute atomic E-state index is 0.0521. The third-order valence-electron chi connectivity index (χ3n) is 6.11. The first kappa shape index (κ1) is 19.0. The van der Waals surface area contributed by atoms with E-state index in [-0.39, 0.29) is 24.7 Å². The molecule has 0 radical (unpaired) electrons. The first-order valence-electron chi connectivity index (χ1n) is 9.86. The van der Waals surface area contributed by atoms with Crippen LogP contribution < -0.4 is 0 Å². The zero-order chi connectivity index (χ0) is 20.9. The molecule has 0 saturated carbocycles. The Morgan fingerprint density at radius 1 is 1.27 bits per heavy atom. The molecular formula is C20H21N5O4S. The van der Waals surface area contributed by atoms with Crippen molar-refractivity contribution >= 4 is 15.7 Å². The molecule has 0 N–H and O–H groups in total. The Labute approximate surface area is 173 Å². The monoisotopic (exact) mass is 427 g/mol. The average Bonchev–Trinajstić information content (AvgIpc) is 3.44. The van der Waals surface area contributed by atoms with Crippen molar-refractivity contribution in [3.63, 3.8) is 0 Å². The van der Waals surface area contributed by atoms with Crippen LogP contribution in [0, 0.1) is 0 Å². The van der Waals surface area contributed by atoms with Gasteiger partial charge >= 0.3 is 0 Å². The van der Waals surface area contributed by atoms with Crippen LogP contribution in [0.15, 0.2) is 47.2 Å². The molecule has 1 amide bonds. The van der Waals surface area contributed by atoms with Gasteiger partial charge in [0.2, 0.25) is 11.7 Å². The van der Waals surface area contributed by atoms with E-state index in [1.165, 1.54) is 6.20 Å². The summed E-state index contributed by atoms with van der Waals surface area (Å²) in [5, 5.41) is 8.17. The van der Waals surface area contributed by atoms with Crippen LogP contribution >= 0.6 is 0 Å². The van der Waals surface area contributed by atoms with Gasteiger partial charge in [-0.2, -0.15) is 10.1 Å². The highest BCUT2D eigenvalue weighted by Gasteiger charge is 2.64. The number of amides is 1. The first-order valence-corrected chi connectivity index (χ1v) is 11.5. The van der Waals surface area contributed by atoms with Gasteiger partial charge in [-0.15, -0.1) is 0 Å². The Hall–Kier alpha value is -3.01. The maximum Gasteiger partial charge on any atom is 0.257 e. The van der Waals surface area contributed by atoms with Gasteiger partial charge in [-0.1, -0.05) is 35.5 Å². The van der Waals surface area contributed by atoms with E-state index < -0.39 is 20.5 Å². The van der Waals surface area contributed by atoms with Crippen LogP contribution in [-0.2, 0) is 16.4 Å². The number of nitrogens with zero attached hydrogens (tertiary/aromatic N) is 5. The molecule has 30 heavy (non-hydrogen) atoms. The van der Waals surface area contributed by atoms with E-state index in [9.17, 15) is 13.2 Å². The van der Waals surface area contributed by atoms with Gasteiger partial charge in [-0.05, 0) is 13.3 Å². The van der Waals surface area contributed by atoms with Crippen LogP contribution in [0.5, 0.6) is 0 Å². The van der Waals surface area contributed by atoms with Crippen molar-refractivity contribution in [2.45, 2.75) is 30.6 Å². The number of sulfone groups is 1. The summed E-state index contributed by atoms with van der Waals surface area (Å²) < 4.78 is 32.0. The Morgan fingerprint density at radius 3 is 2.73 bits per heavy atom. The van der Waals surface area contributed by atoms with Crippen LogP contribution in [-0.4, -0.2) is 62.7 Å². The van der Waals surface area contributed by atoms with Gasteiger partial charge in [-0.3, -0.25) is 9.48 Å². The Balaban J connectivity index is 1.40. The Kier molecular flexibility index (Phi) is 4.28. The molecule has 3 aromatic rings. The van der Waals surface area contributed by atoms with E-state index in [4.69, 9.17) is 4.52 Å². The lowest BCUT2D eigenvalue weighted by molar-refractivity contribution is 0.0504. The second-order valence-electron chi connectivity index (χ2n) is 7.79. The van der Waals surface area contributed by atoms with E-state index in [0.717, 1.165) is 5.56 Å². The lowest BCUT2D eigenvalue weighted by atomic mass is 9.82.